The summed E-state index contributed by atoms with van der Waals surface area (Å²) in [5.74, 6) is 0.486. The molecule has 0 atom stereocenters. The van der Waals surface area contributed by atoms with Gasteiger partial charge in [-0.05, 0) is 61.3 Å². The Kier molecular flexibility index (Phi) is 7.10. The molecule has 0 bridgehead atoms. The van der Waals surface area contributed by atoms with Crippen molar-refractivity contribution >= 4 is 38.7 Å². The quantitative estimate of drug-likeness (QED) is 0.664. The van der Waals surface area contributed by atoms with Crippen LogP contribution in [-0.4, -0.2) is 38.0 Å². The summed E-state index contributed by atoms with van der Waals surface area (Å²) < 4.78 is 33.3. The number of ether oxygens (including phenoxy) is 1. The number of hydrogen-bond donors (Lipinski definition) is 2. The molecule has 0 spiro atoms. The molecule has 0 saturated carbocycles. The number of aryl methyl sites for hydroxylation is 1. The minimum absolute atomic E-state index is 0.171. The van der Waals surface area contributed by atoms with E-state index in [0.29, 0.717) is 29.6 Å². The average molecular weight is 434 g/mol. The Morgan fingerprint density at radius 3 is 2.38 bits per heavy atom. The lowest BCUT2D eigenvalue weighted by Gasteiger charge is -2.27. The second-order valence-corrected chi connectivity index (χ2v) is 9.27. The third kappa shape index (κ3) is 5.26. The fourth-order valence-corrected chi connectivity index (χ4v) is 5.21. The number of hydrogen-bond acceptors (Lipinski definition) is 4. The molecule has 6 nitrogen and oxygen atoms in total. The van der Waals surface area contributed by atoms with Crippen LogP contribution in [-0.2, 0) is 16.4 Å². The van der Waals surface area contributed by atoms with E-state index in [1.807, 2.05) is 24.3 Å². The molecule has 156 valence electrons. The highest BCUT2D eigenvalue weighted by Gasteiger charge is 2.29. The van der Waals surface area contributed by atoms with E-state index >= 15 is 0 Å². The van der Waals surface area contributed by atoms with Crippen molar-refractivity contribution in [2.75, 3.05) is 30.8 Å². The van der Waals surface area contributed by atoms with Crippen molar-refractivity contribution in [1.82, 2.24) is 4.31 Å². The Labute approximate surface area is 178 Å². The minimum atomic E-state index is -3.65. The first-order valence-corrected chi connectivity index (χ1v) is 11.6. The molecule has 1 aliphatic heterocycles. The molecule has 1 heterocycles. The van der Waals surface area contributed by atoms with E-state index in [0.717, 1.165) is 31.4 Å². The van der Waals surface area contributed by atoms with E-state index in [1.165, 1.54) is 17.0 Å². The van der Waals surface area contributed by atoms with E-state index < -0.39 is 10.0 Å². The van der Waals surface area contributed by atoms with Crippen LogP contribution in [0.2, 0.25) is 0 Å². The van der Waals surface area contributed by atoms with Gasteiger partial charge in [0, 0.05) is 24.8 Å². The number of thiocarbonyl (C=S) groups is 1. The summed E-state index contributed by atoms with van der Waals surface area (Å²) >= 11 is 5.42. The van der Waals surface area contributed by atoms with Gasteiger partial charge in [0.15, 0.2) is 5.11 Å². The lowest BCUT2D eigenvalue weighted by Crippen LogP contribution is -2.36. The van der Waals surface area contributed by atoms with Gasteiger partial charge in [-0.2, -0.15) is 4.31 Å². The maximum atomic E-state index is 13.3. The van der Waals surface area contributed by atoms with Crippen LogP contribution in [0.15, 0.2) is 47.4 Å². The minimum Gasteiger partial charge on any atom is -0.497 e. The summed E-state index contributed by atoms with van der Waals surface area (Å²) in [6.45, 7) is 3.17. The number of sulfonamides is 1. The maximum Gasteiger partial charge on any atom is 0.245 e. The predicted octanol–water partition coefficient (Wildman–Crippen LogP) is 4.24. The number of benzene rings is 2. The van der Waals surface area contributed by atoms with Gasteiger partial charge in [-0.15, -0.1) is 0 Å². The first-order chi connectivity index (χ1) is 13.9. The molecule has 1 aliphatic rings. The molecule has 2 aromatic rings. The molecule has 0 aromatic heterocycles. The fourth-order valence-electron chi connectivity index (χ4n) is 3.30. The van der Waals surface area contributed by atoms with E-state index in [2.05, 4.69) is 17.6 Å². The molecular weight excluding hydrogens is 406 g/mol. The summed E-state index contributed by atoms with van der Waals surface area (Å²) in [7, 11) is -2.13. The zero-order chi connectivity index (χ0) is 20.9. The highest BCUT2D eigenvalue weighted by molar-refractivity contribution is 7.89. The van der Waals surface area contributed by atoms with E-state index in [1.54, 1.807) is 18.2 Å². The van der Waals surface area contributed by atoms with Gasteiger partial charge in [-0.1, -0.05) is 25.5 Å². The predicted molar refractivity (Wildman–Crippen MR) is 121 cm³/mol. The highest BCUT2D eigenvalue weighted by Crippen LogP contribution is 2.30. The van der Waals surface area contributed by atoms with Crippen LogP contribution in [0.25, 0.3) is 0 Å². The van der Waals surface area contributed by atoms with Crippen molar-refractivity contribution in [2.45, 2.75) is 37.5 Å². The number of nitrogens with one attached hydrogen (secondary N) is 2. The topological polar surface area (TPSA) is 70.7 Å². The van der Waals surface area contributed by atoms with Gasteiger partial charge < -0.3 is 15.4 Å². The number of nitrogens with zero attached hydrogens (tertiary/aromatic N) is 1. The number of piperidine rings is 1. The van der Waals surface area contributed by atoms with E-state index in [-0.39, 0.29) is 4.90 Å². The monoisotopic (exact) mass is 433 g/mol. The van der Waals surface area contributed by atoms with E-state index in [9.17, 15) is 8.42 Å². The summed E-state index contributed by atoms with van der Waals surface area (Å²) in [6.07, 6.45) is 3.77. The zero-order valence-electron chi connectivity index (χ0n) is 16.8. The Morgan fingerprint density at radius 1 is 1.07 bits per heavy atom. The van der Waals surface area contributed by atoms with Gasteiger partial charge in [0.1, 0.15) is 10.6 Å². The summed E-state index contributed by atoms with van der Waals surface area (Å²) in [5.41, 5.74) is 2.51. The highest BCUT2D eigenvalue weighted by atomic mass is 32.2. The van der Waals surface area contributed by atoms with Crippen molar-refractivity contribution < 1.29 is 13.2 Å². The Bertz CT molecular complexity index is 954. The molecule has 8 heteroatoms. The molecule has 1 fully saturated rings. The van der Waals surface area contributed by atoms with Crippen LogP contribution in [0.1, 0.15) is 31.7 Å². The van der Waals surface area contributed by atoms with Crippen molar-refractivity contribution in [3.8, 4) is 5.75 Å². The normalized spacial score (nSPS) is 15.0. The van der Waals surface area contributed by atoms with Gasteiger partial charge in [-0.3, -0.25) is 0 Å². The van der Waals surface area contributed by atoms with Crippen molar-refractivity contribution in [2.24, 2.45) is 0 Å². The maximum absolute atomic E-state index is 13.3. The van der Waals surface area contributed by atoms with Crippen molar-refractivity contribution in [3.05, 3.63) is 48.0 Å². The Morgan fingerprint density at radius 2 is 1.76 bits per heavy atom. The van der Waals surface area contributed by atoms with Crippen LogP contribution in [0.3, 0.4) is 0 Å². The second kappa shape index (κ2) is 9.56. The third-order valence-corrected chi connectivity index (χ3v) is 7.13. The first kappa shape index (κ1) is 21.5. The Hall–Kier alpha value is -2.16. The van der Waals surface area contributed by atoms with Crippen LogP contribution in [0, 0.1) is 0 Å². The third-order valence-electron chi connectivity index (χ3n) is 4.99. The molecule has 1 saturated heterocycles. The molecule has 0 amide bonds. The fraction of sp³-hybridized carbons (Fsp3) is 0.381. The zero-order valence-corrected chi connectivity index (χ0v) is 18.4. The standard InChI is InChI=1S/C21H27N3O3S2/c1-3-16-7-9-17(10-8-16)22-21(28)23-19-12-11-18(27-2)15-20(19)29(25,26)24-13-5-4-6-14-24/h7-12,15H,3-6,13-14H2,1-2H3,(H2,22,23,28). The molecule has 2 aromatic carbocycles. The largest absolute Gasteiger partial charge is 0.497 e. The van der Waals surface area contributed by atoms with Gasteiger partial charge in [0.05, 0.1) is 12.8 Å². The first-order valence-electron chi connectivity index (χ1n) is 9.79. The van der Waals surface area contributed by atoms with Crippen LogP contribution in [0.5, 0.6) is 5.75 Å². The van der Waals surface area contributed by atoms with Gasteiger partial charge in [-0.25, -0.2) is 8.42 Å². The number of rotatable bonds is 6. The molecule has 0 aliphatic carbocycles. The number of methoxy groups -OCH3 is 1. The summed E-state index contributed by atoms with van der Waals surface area (Å²) in [6, 6.07) is 12.9. The lowest BCUT2D eigenvalue weighted by atomic mass is 10.1. The molecular formula is C21H27N3O3S2. The molecule has 2 N–H and O–H groups in total. The lowest BCUT2D eigenvalue weighted by molar-refractivity contribution is 0.346. The summed E-state index contributed by atoms with van der Waals surface area (Å²) in [5, 5.41) is 6.48. The molecule has 3 rings (SSSR count). The summed E-state index contributed by atoms with van der Waals surface area (Å²) in [4.78, 5) is 0.171. The number of anilines is 2. The SMILES string of the molecule is CCc1ccc(NC(=S)Nc2ccc(OC)cc2S(=O)(=O)N2CCCCC2)cc1. The van der Waals surface area contributed by atoms with Gasteiger partial charge in [0.25, 0.3) is 0 Å². The van der Waals surface area contributed by atoms with Crippen LogP contribution < -0.4 is 15.4 Å². The Balaban J connectivity index is 1.83. The van der Waals surface area contributed by atoms with Gasteiger partial charge in [0.2, 0.25) is 10.0 Å². The molecule has 0 unspecified atom stereocenters. The van der Waals surface area contributed by atoms with Crippen LogP contribution in [0.4, 0.5) is 11.4 Å². The van der Waals surface area contributed by atoms with Crippen LogP contribution >= 0.6 is 12.2 Å². The second-order valence-electron chi connectivity index (χ2n) is 6.96. The van der Waals surface area contributed by atoms with Crippen molar-refractivity contribution in [3.63, 3.8) is 0 Å². The van der Waals surface area contributed by atoms with E-state index in [4.69, 9.17) is 17.0 Å². The van der Waals surface area contributed by atoms with Gasteiger partial charge >= 0.3 is 0 Å². The molecule has 0 radical (unpaired) electrons. The van der Waals surface area contributed by atoms with Crippen molar-refractivity contribution in [1.29, 1.82) is 0 Å². The average Bonchev–Trinajstić information content (AvgIpc) is 2.75. The molecule has 29 heavy (non-hydrogen) atoms. The smallest absolute Gasteiger partial charge is 0.245 e.